The molecule has 0 spiro atoms. The second-order valence-electron chi connectivity index (χ2n) is 9.10. The van der Waals surface area contributed by atoms with E-state index in [0.29, 0.717) is 48.1 Å². The lowest BCUT2D eigenvalue weighted by Crippen LogP contribution is -2.48. The summed E-state index contributed by atoms with van der Waals surface area (Å²) in [6, 6.07) is 12.7. The summed E-state index contributed by atoms with van der Waals surface area (Å²) < 4.78 is 47.7. The summed E-state index contributed by atoms with van der Waals surface area (Å²) in [7, 11) is 0. The molecule has 1 aliphatic heterocycles. The van der Waals surface area contributed by atoms with Crippen molar-refractivity contribution in [3.05, 3.63) is 81.8 Å². The smallest absolute Gasteiger partial charge is 0.382 e. The van der Waals surface area contributed by atoms with E-state index in [4.69, 9.17) is 16.3 Å². The molecule has 2 aromatic heterocycles. The number of nitrogens with one attached hydrogen (secondary N) is 1. The second-order valence-corrected chi connectivity index (χ2v) is 9.54. The molecule has 0 unspecified atom stereocenters. The minimum Gasteiger partial charge on any atom is -0.382 e. The lowest BCUT2D eigenvalue weighted by atomic mass is 10.1. The van der Waals surface area contributed by atoms with Gasteiger partial charge in [0.25, 0.3) is 5.91 Å². The van der Waals surface area contributed by atoms with Crippen LogP contribution in [0.2, 0.25) is 5.02 Å². The number of benzene rings is 2. The highest BCUT2D eigenvalue weighted by atomic mass is 35.5. The molecule has 3 heterocycles. The number of carbonyl (C=O) groups excluding carboxylic acids is 1. The topological polar surface area (TPSA) is 132 Å². The minimum atomic E-state index is -4.94. The highest BCUT2D eigenvalue weighted by Gasteiger charge is 2.39. The summed E-state index contributed by atoms with van der Waals surface area (Å²) in [5.41, 5.74) is 3.00. The zero-order valence-corrected chi connectivity index (χ0v) is 22.1. The van der Waals surface area contributed by atoms with E-state index in [1.807, 2.05) is 0 Å². The summed E-state index contributed by atoms with van der Waals surface area (Å²) in [5.74, 6) is -0.343. The standard InChI is InChI=1S/C25H24ClF3N8O4/c26-17-7-5-16(6-8-17)22-32-36(24(40)35(22)13-20(38)25(27,28)29)14-21-30-15-37(31-21)19-4-2-1-3-18(19)23(39)33-34-9-11-41-12-10-34/h1-8,15,20,38H,9-14H2,(H,33,39)/t20-/m0/s1. The van der Waals surface area contributed by atoms with Crippen molar-refractivity contribution in [1.82, 2.24) is 39.5 Å². The van der Waals surface area contributed by atoms with E-state index in [1.54, 1.807) is 29.3 Å². The number of halogens is 4. The minimum absolute atomic E-state index is 0.0977. The fourth-order valence-corrected chi connectivity index (χ4v) is 4.29. The maximum Gasteiger partial charge on any atom is 0.416 e. The molecule has 2 N–H and O–H groups in total. The largest absolute Gasteiger partial charge is 0.416 e. The normalized spacial score (nSPS) is 15.1. The number of morpholine rings is 1. The molecule has 216 valence electrons. The molecule has 1 atom stereocenters. The molecule has 2 aromatic carbocycles. The maximum absolute atomic E-state index is 13.1. The number of hydrogen-bond donors (Lipinski definition) is 2. The van der Waals surface area contributed by atoms with Gasteiger partial charge in [-0.25, -0.2) is 24.2 Å². The van der Waals surface area contributed by atoms with Gasteiger partial charge in [-0.2, -0.15) is 13.2 Å². The van der Waals surface area contributed by atoms with Crippen molar-refractivity contribution in [2.24, 2.45) is 0 Å². The number of amides is 1. The zero-order chi connectivity index (χ0) is 29.1. The van der Waals surface area contributed by atoms with Crippen molar-refractivity contribution in [3.63, 3.8) is 0 Å². The Morgan fingerprint density at radius 3 is 2.51 bits per heavy atom. The number of nitrogens with zero attached hydrogens (tertiary/aromatic N) is 7. The highest BCUT2D eigenvalue weighted by molar-refractivity contribution is 6.30. The number of para-hydroxylation sites is 1. The first kappa shape index (κ1) is 28.5. The lowest BCUT2D eigenvalue weighted by Gasteiger charge is -2.27. The van der Waals surface area contributed by atoms with Gasteiger partial charge in [0.2, 0.25) is 0 Å². The molecule has 0 aliphatic carbocycles. The number of aromatic nitrogens is 6. The summed E-state index contributed by atoms with van der Waals surface area (Å²) in [6.45, 7) is 0.732. The fraction of sp³-hybridized carbons (Fsp3) is 0.320. The van der Waals surface area contributed by atoms with E-state index in [1.165, 1.54) is 35.3 Å². The summed E-state index contributed by atoms with van der Waals surface area (Å²) in [6.07, 6.45) is -6.38. The molecule has 1 amide bonds. The third-order valence-corrected chi connectivity index (χ3v) is 6.51. The number of alkyl halides is 3. The van der Waals surface area contributed by atoms with E-state index in [9.17, 15) is 27.9 Å². The highest BCUT2D eigenvalue weighted by Crippen LogP contribution is 2.24. The molecule has 16 heteroatoms. The molecule has 5 rings (SSSR count). The van der Waals surface area contributed by atoms with Crippen LogP contribution in [0.3, 0.4) is 0 Å². The fourth-order valence-electron chi connectivity index (χ4n) is 4.16. The van der Waals surface area contributed by atoms with Gasteiger partial charge < -0.3 is 9.84 Å². The van der Waals surface area contributed by atoms with Crippen LogP contribution in [0.15, 0.2) is 59.7 Å². The molecular formula is C25H24ClF3N8O4. The van der Waals surface area contributed by atoms with Crippen molar-refractivity contribution < 1.29 is 27.8 Å². The lowest BCUT2D eigenvalue weighted by molar-refractivity contribution is -0.207. The van der Waals surface area contributed by atoms with Gasteiger partial charge in [-0.3, -0.25) is 14.8 Å². The number of aliphatic hydroxyl groups excluding tert-OH is 1. The molecule has 1 aliphatic rings. The molecule has 0 saturated carbocycles. The first-order chi connectivity index (χ1) is 19.6. The van der Waals surface area contributed by atoms with Crippen LogP contribution in [-0.4, -0.2) is 83.7 Å². The third kappa shape index (κ3) is 6.48. The maximum atomic E-state index is 13.1. The molecular weight excluding hydrogens is 569 g/mol. The van der Waals surface area contributed by atoms with Crippen LogP contribution in [0.1, 0.15) is 16.2 Å². The van der Waals surface area contributed by atoms with Gasteiger partial charge >= 0.3 is 11.9 Å². The van der Waals surface area contributed by atoms with Gasteiger partial charge in [0.15, 0.2) is 17.8 Å². The SMILES string of the molecule is O=C(NN1CCOCC1)c1ccccc1-n1cnc(Cn2nc(-c3ccc(Cl)cc3)n(C[C@H](O)C(F)(F)F)c2=O)n1. The van der Waals surface area contributed by atoms with Crippen LogP contribution in [0.4, 0.5) is 13.2 Å². The van der Waals surface area contributed by atoms with Crippen LogP contribution in [0.5, 0.6) is 0 Å². The van der Waals surface area contributed by atoms with Crippen LogP contribution in [0, 0.1) is 0 Å². The first-order valence-electron chi connectivity index (χ1n) is 12.4. The molecule has 0 bridgehead atoms. The van der Waals surface area contributed by atoms with Gasteiger partial charge in [-0.05, 0) is 36.4 Å². The summed E-state index contributed by atoms with van der Waals surface area (Å²) in [5, 5.41) is 20.4. The van der Waals surface area contributed by atoms with Crippen molar-refractivity contribution in [2.75, 3.05) is 26.3 Å². The van der Waals surface area contributed by atoms with Gasteiger partial charge in [0.05, 0.1) is 31.0 Å². The Morgan fingerprint density at radius 2 is 1.80 bits per heavy atom. The van der Waals surface area contributed by atoms with E-state index in [-0.39, 0.29) is 24.1 Å². The molecule has 1 saturated heterocycles. The van der Waals surface area contributed by atoms with Crippen LogP contribution >= 0.6 is 11.6 Å². The number of hydrazine groups is 1. The van der Waals surface area contributed by atoms with Crippen LogP contribution in [-0.2, 0) is 17.8 Å². The van der Waals surface area contributed by atoms with Crippen molar-refractivity contribution in [1.29, 1.82) is 0 Å². The van der Waals surface area contributed by atoms with Gasteiger partial charge in [-0.1, -0.05) is 23.7 Å². The van der Waals surface area contributed by atoms with E-state index in [0.717, 1.165) is 9.25 Å². The molecule has 41 heavy (non-hydrogen) atoms. The molecule has 0 radical (unpaired) electrons. The Labute approximate surface area is 235 Å². The Kier molecular flexibility index (Phi) is 8.21. The van der Waals surface area contributed by atoms with Crippen molar-refractivity contribution in [3.8, 4) is 17.1 Å². The van der Waals surface area contributed by atoms with Crippen molar-refractivity contribution >= 4 is 17.5 Å². The number of rotatable bonds is 8. The van der Waals surface area contributed by atoms with E-state index >= 15 is 0 Å². The molecule has 4 aromatic rings. The monoisotopic (exact) mass is 592 g/mol. The van der Waals surface area contributed by atoms with Gasteiger partial charge in [0.1, 0.15) is 12.9 Å². The predicted molar refractivity (Wildman–Crippen MR) is 139 cm³/mol. The summed E-state index contributed by atoms with van der Waals surface area (Å²) in [4.78, 5) is 30.3. The Morgan fingerprint density at radius 1 is 1.10 bits per heavy atom. The Balaban J connectivity index is 1.42. The Bertz CT molecular complexity index is 1580. The summed E-state index contributed by atoms with van der Waals surface area (Å²) >= 11 is 5.92. The number of aliphatic hydroxyl groups is 1. The third-order valence-electron chi connectivity index (χ3n) is 6.26. The quantitative estimate of drug-likeness (QED) is 0.317. The van der Waals surface area contributed by atoms with Gasteiger partial charge in [-0.15, -0.1) is 10.2 Å². The van der Waals surface area contributed by atoms with Crippen molar-refractivity contribution in [2.45, 2.75) is 25.4 Å². The van der Waals surface area contributed by atoms with E-state index < -0.39 is 24.5 Å². The predicted octanol–water partition coefficient (Wildman–Crippen LogP) is 1.89. The first-order valence-corrected chi connectivity index (χ1v) is 12.8. The van der Waals surface area contributed by atoms with Gasteiger partial charge in [0, 0.05) is 23.7 Å². The molecule has 1 fully saturated rings. The van der Waals surface area contributed by atoms with Crippen LogP contribution < -0.4 is 11.1 Å². The number of ether oxygens (including phenoxy) is 1. The number of carbonyl (C=O) groups is 1. The zero-order valence-electron chi connectivity index (χ0n) is 21.3. The van der Waals surface area contributed by atoms with E-state index in [2.05, 4.69) is 20.6 Å². The molecule has 12 nitrogen and oxygen atoms in total. The second kappa shape index (κ2) is 11.8. The Hall–Kier alpha value is -4.05. The number of hydrogen-bond acceptors (Lipinski definition) is 8. The average molecular weight is 593 g/mol. The van der Waals surface area contributed by atoms with Crippen LogP contribution in [0.25, 0.3) is 17.1 Å². The average Bonchev–Trinajstić information content (AvgIpc) is 3.54.